The van der Waals surface area contributed by atoms with E-state index in [2.05, 4.69) is 11.7 Å². The molecule has 0 saturated carbocycles. The normalized spacial score (nSPS) is 18.7. The van der Waals surface area contributed by atoms with E-state index in [4.69, 9.17) is 11.6 Å². The van der Waals surface area contributed by atoms with E-state index >= 15 is 0 Å². The van der Waals surface area contributed by atoms with Crippen LogP contribution in [-0.4, -0.2) is 57.1 Å². The van der Waals surface area contributed by atoms with Gasteiger partial charge in [-0.05, 0) is 12.5 Å². The standard InChI is InChI=1S/C14H19ClN4O2/c1-3-12-9-17(5-6-19(12)13(20)4-2)14(21)10-18-8-11(15)7-16-18/h4,7-8,12H,2-3,5-6,9-10H2,1H3/t12-/m1/s1. The number of halogens is 1. The second-order valence-corrected chi connectivity index (χ2v) is 5.43. The van der Waals surface area contributed by atoms with Crippen LogP contribution < -0.4 is 0 Å². The van der Waals surface area contributed by atoms with E-state index in [0.29, 0.717) is 24.7 Å². The number of aromatic nitrogens is 2. The molecule has 1 atom stereocenters. The minimum Gasteiger partial charge on any atom is -0.337 e. The predicted octanol–water partition coefficient (Wildman–Crippen LogP) is 1.17. The molecule has 0 N–H and O–H groups in total. The van der Waals surface area contributed by atoms with Gasteiger partial charge in [0.15, 0.2) is 0 Å². The molecule has 2 amide bonds. The fourth-order valence-electron chi connectivity index (χ4n) is 2.50. The Morgan fingerprint density at radius 2 is 2.29 bits per heavy atom. The molecule has 0 unspecified atom stereocenters. The summed E-state index contributed by atoms with van der Waals surface area (Å²) in [6.45, 7) is 7.31. The number of hydrogen-bond donors (Lipinski definition) is 0. The van der Waals surface area contributed by atoms with E-state index in [0.717, 1.165) is 6.42 Å². The van der Waals surface area contributed by atoms with Gasteiger partial charge in [-0.2, -0.15) is 5.10 Å². The molecule has 1 saturated heterocycles. The van der Waals surface area contributed by atoms with Crippen LogP contribution in [-0.2, 0) is 16.1 Å². The largest absolute Gasteiger partial charge is 0.337 e. The van der Waals surface area contributed by atoms with Crippen LogP contribution >= 0.6 is 11.6 Å². The molecule has 0 bridgehead atoms. The first-order valence-corrected chi connectivity index (χ1v) is 7.31. The zero-order valence-corrected chi connectivity index (χ0v) is 12.8. The molecule has 1 fully saturated rings. The third-order valence-corrected chi connectivity index (χ3v) is 3.86. The number of rotatable bonds is 4. The van der Waals surface area contributed by atoms with Crippen LogP contribution in [0.2, 0.25) is 5.02 Å². The van der Waals surface area contributed by atoms with Crippen molar-refractivity contribution in [1.29, 1.82) is 0 Å². The molecule has 1 aromatic rings. The molecule has 1 aliphatic rings. The Morgan fingerprint density at radius 1 is 1.52 bits per heavy atom. The van der Waals surface area contributed by atoms with E-state index in [-0.39, 0.29) is 24.4 Å². The van der Waals surface area contributed by atoms with Crippen molar-refractivity contribution in [2.45, 2.75) is 25.9 Å². The number of amides is 2. The van der Waals surface area contributed by atoms with Crippen molar-refractivity contribution in [2.24, 2.45) is 0 Å². The maximum Gasteiger partial charge on any atom is 0.246 e. The molecule has 0 spiro atoms. The molecular formula is C14H19ClN4O2. The van der Waals surface area contributed by atoms with Crippen molar-refractivity contribution in [1.82, 2.24) is 19.6 Å². The van der Waals surface area contributed by atoms with Gasteiger partial charge in [0.1, 0.15) is 6.54 Å². The molecule has 114 valence electrons. The highest BCUT2D eigenvalue weighted by Gasteiger charge is 2.30. The Bertz CT molecular complexity index is 543. The molecule has 0 radical (unpaired) electrons. The van der Waals surface area contributed by atoms with Crippen molar-refractivity contribution in [3.8, 4) is 0 Å². The van der Waals surface area contributed by atoms with Gasteiger partial charge in [0, 0.05) is 31.9 Å². The molecule has 2 heterocycles. The van der Waals surface area contributed by atoms with Crippen molar-refractivity contribution >= 4 is 23.4 Å². The maximum absolute atomic E-state index is 12.3. The van der Waals surface area contributed by atoms with Crippen molar-refractivity contribution in [3.63, 3.8) is 0 Å². The first-order valence-electron chi connectivity index (χ1n) is 6.94. The van der Waals surface area contributed by atoms with Crippen molar-refractivity contribution < 1.29 is 9.59 Å². The van der Waals surface area contributed by atoms with Gasteiger partial charge in [0.25, 0.3) is 0 Å². The Morgan fingerprint density at radius 3 is 2.86 bits per heavy atom. The summed E-state index contributed by atoms with van der Waals surface area (Å²) < 4.78 is 1.52. The Kier molecular flexibility index (Phi) is 5.01. The van der Waals surface area contributed by atoms with Gasteiger partial charge >= 0.3 is 0 Å². The summed E-state index contributed by atoms with van der Waals surface area (Å²) in [6.07, 6.45) is 5.25. The molecule has 0 aromatic carbocycles. The third-order valence-electron chi connectivity index (χ3n) is 3.66. The van der Waals surface area contributed by atoms with Crippen LogP contribution in [0, 0.1) is 0 Å². The average molecular weight is 311 g/mol. The minimum absolute atomic E-state index is 0.0149. The smallest absolute Gasteiger partial charge is 0.246 e. The highest BCUT2D eigenvalue weighted by atomic mass is 35.5. The number of hydrogen-bond acceptors (Lipinski definition) is 3. The van der Waals surface area contributed by atoms with Gasteiger partial charge in [0.05, 0.1) is 11.2 Å². The van der Waals surface area contributed by atoms with Gasteiger partial charge in [0.2, 0.25) is 11.8 Å². The lowest BCUT2D eigenvalue weighted by Crippen LogP contribution is -2.56. The van der Waals surface area contributed by atoms with E-state index in [9.17, 15) is 9.59 Å². The van der Waals surface area contributed by atoms with Crippen LogP contribution in [0.4, 0.5) is 0 Å². The molecule has 21 heavy (non-hydrogen) atoms. The van der Waals surface area contributed by atoms with Crippen LogP contribution in [0.1, 0.15) is 13.3 Å². The lowest BCUT2D eigenvalue weighted by atomic mass is 10.1. The summed E-state index contributed by atoms with van der Waals surface area (Å²) in [5.74, 6) is -0.0910. The zero-order chi connectivity index (χ0) is 15.4. The monoisotopic (exact) mass is 310 g/mol. The summed E-state index contributed by atoms with van der Waals surface area (Å²) in [5, 5.41) is 4.52. The minimum atomic E-state index is -0.0761. The topological polar surface area (TPSA) is 58.4 Å². The molecule has 2 rings (SSSR count). The van der Waals surface area contributed by atoms with E-state index in [1.807, 2.05) is 6.92 Å². The SMILES string of the molecule is C=CC(=O)N1CCN(C(=O)Cn2cc(Cl)cn2)C[C@H]1CC. The van der Waals surface area contributed by atoms with Gasteiger partial charge < -0.3 is 9.80 Å². The van der Waals surface area contributed by atoms with Crippen LogP contribution in [0.3, 0.4) is 0 Å². The van der Waals surface area contributed by atoms with E-state index < -0.39 is 0 Å². The molecule has 6 nitrogen and oxygen atoms in total. The highest BCUT2D eigenvalue weighted by Crippen LogP contribution is 2.14. The van der Waals surface area contributed by atoms with Gasteiger partial charge in [-0.25, -0.2) is 0 Å². The number of piperazine rings is 1. The van der Waals surface area contributed by atoms with Crippen LogP contribution in [0.25, 0.3) is 0 Å². The summed E-state index contributed by atoms with van der Waals surface area (Å²) in [7, 11) is 0. The Labute approximate surface area is 129 Å². The average Bonchev–Trinajstić information content (AvgIpc) is 2.90. The third kappa shape index (κ3) is 3.64. The Balaban J connectivity index is 1.97. The van der Waals surface area contributed by atoms with Crippen LogP contribution in [0.15, 0.2) is 25.0 Å². The Hall–Kier alpha value is -1.82. The van der Waals surface area contributed by atoms with Crippen LogP contribution in [0.5, 0.6) is 0 Å². The fourth-order valence-corrected chi connectivity index (χ4v) is 2.66. The van der Waals surface area contributed by atoms with Crippen molar-refractivity contribution in [2.75, 3.05) is 19.6 Å². The number of carbonyl (C=O) groups excluding carboxylic acids is 2. The van der Waals surface area contributed by atoms with Crippen molar-refractivity contribution in [3.05, 3.63) is 30.1 Å². The highest BCUT2D eigenvalue weighted by molar-refractivity contribution is 6.30. The first kappa shape index (κ1) is 15.6. The van der Waals surface area contributed by atoms with E-state index in [1.165, 1.54) is 17.0 Å². The second kappa shape index (κ2) is 6.76. The molecule has 0 aliphatic carbocycles. The van der Waals surface area contributed by atoms with Gasteiger partial charge in [-0.3, -0.25) is 14.3 Å². The summed E-state index contributed by atoms with van der Waals surface area (Å²) in [6, 6.07) is 0.0365. The zero-order valence-electron chi connectivity index (χ0n) is 12.0. The first-order chi connectivity index (χ1) is 10.0. The number of nitrogens with zero attached hydrogens (tertiary/aromatic N) is 4. The molecule has 7 heteroatoms. The van der Waals surface area contributed by atoms with Gasteiger partial charge in [-0.15, -0.1) is 0 Å². The second-order valence-electron chi connectivity index (χ2n) is 4.99. The fraction of sp³-hybridized carbons (Fsp3) is 0.500. The molecule has 1 aromatic heterocycles. The lowest BCUT2D eigenvalue weighted by molar-refractivity contribution is -0.140. The predicted molar refractivity (Wildman–Crippen MR) is 79.8 cm³/mol. The lowest BCUT2D eigenvalue weighted by Gasteiger charge is -2.40. The molecular weight excluding hydrogens is 292 g/mol. The van der Waals surface area contributed by atoms with Gasteiger partial charge in [-0.1, -0.05) is 25.1 Å². The summed E-state index contributed by atoms with van der Waals surface area (Å²) >= 11 is 5.78. The summed E-state index contributed by atoms with van der Waals surface area (Å²) in [4.78, 5) is 27.6. The maximum atomic E-state index is 12.3. The summed E-state index contributed by atoms with van der Waals surface area (Å²) in [5.41, 5.74) is 0. The molecule has 1 aliphatic heterocycles. The number of carbonyl (C=O) groups is 2. The quantitative estimate of drug-likeness (QED) is 0.785. The van der Waals surface area contributed by atoms with E-state index in [1.54, 1.807) is 16.0 Å².